The van der Waals surface area contributed by atoms with Crippen molar-refractivity contribution in [1.29, 1.82) is 0 Å². The molecule has 1 aliphatic heterocycles. The third-order valence-electron chi connectivity index (χ3n) is 4.91. The molecular formula is C22H18Br2N2O2. The van der Waals surface area contributed by atoms with Crippen molar-refractivity contribution in [3.63, 3.8) is 0 Å². The van der Waals surface area contributed by atoms with Crippen LogP contribution in [0.2, 0.25) is 0 Å². The van der Waals surface area contributed by atoms with Gasteiger partial charge >= 0.3 is 6.03 Å². The summed E-state index contributed by atoms with van der Waals surface area (Å²) in [6, 6.07) is 22.2. The molecule has 0 bridgehead atoms. The smallest absolute Gasteiger partial charge is 0.331 e. The Labute approximate surface area is 180 Å². The van der Waals surface area contributed by atoms with Gasteiger partial charge in [0.05, 0.1) is 6.54 Å². The van der Waals surface area contributed by atoms with Crippen molar-refractivity contribution in [3.8, 4) is 0 Å². The highest BCUT2D eigenvalue weighted by Crippen LogP contribution is 2.40. The van der Waals surface area contributed by atoms with Crippen LogP contribution in [0.1, 0.15) is 11.1 Å². The lowest BCUT2D eigenvalue weighted by molar-refractivity contribution is 0.0655. The van der Waals surface area contributed by atoms with E-state index in [1.165, 1.54) is 4.90 Å². The molecule has 2 amide bonds. The van der Waals surface area contributed by atoms with E-state index in [1.54, 1.807) is 4.90 Å². The molecule has 1 saturated heterocycles. The number of halogens is 2. The Balaban J connectivity index is 1.83. The second-order valence-corrected chi connectivity index (χ2v) is 8.67. The summed E-state index contributed by atoms with van der Waals surface area (Å²) in [5.74, 6) is 0. The lowest BCUT2D eigenvalue weighted by Gasteiger charge is -2.32. The quantitative estimate of drug-likeness (QED) is 0.492. The number of hydrogen-bond donors (Lipinski definition) is 1. The number of carbonyl (C=O) groups is 1. The minimum absolute atomic E-state index is 0.132. The topological polar surface area (TPSA) is 43.8 Å². The zero-order valence-electron chi connectivity index (χ0n) is 15.1. The third kappa shape index (κ3) is 3.36. The van der Waals surface area contributed by atoms with Crippen LogP contribution in [0, 0.1) is 6.92 Å². The van der Waals surface area contributed by atoms with Gasteiger partial charge in [0.15, 0.2) is 5.72 Å². The van der Waals surface area contributed by atoms with E-state index < -0.39 is 5.72 Å². The summed E-state index contributed by atoms with van der Waals surface area (Å²) in [6.45, 7) is 2.13. The van der Waals surface area contributed by atoms with E-state index in [0.29, 0.717) is 11.3 Å². The van der Waals surface area contributed by atoms with Gasteiger partial charge < -0.3 is 5.11 Å². The number of nitrogens with zero attached hydrogens (tertiary/aromatic N) is 2. The van der Waals surface area contributed by atoms with Crippen molar-refractivity contribution in [2.45, 2.75) is 12.6 Å². The maximum atomic E-state index is 13.4. The lowest BCUT2D eigenvalue weighted by atomic mass is 10.00. The zero-order valence-corrected chi connectivity index (χ0v) is 18.3. The summed E-state index contributed by atoms with van der Waals surface area (Å²) >= 11 is 6.85. The molecule has 1 unspecified atom stereocenters. The monoisotopic (exact) mass is 500 g/mol. The van der Waals surface area contributed by atoms with E-state index in [0.717, 1.165) is 20.2 Å². The van der Waals surface area contributed by atoms with Crippen LogP contribution in [0.5, 0.6) is 0 Å². The number of aryl methyl sites for hydroxylation is 1. The molecule has 1 atom stereocenters. The van der Waals surface area contributed by atoms with Gasteiger partial charge in [0, 0.05) is 25.9 Å². The Hall–Kier alpha value is -2.15. The molecule has 1 N–H and O–H groups in total. The predicted octanol–water partition coefficient (Wildman–Crippen LogP) is 5.81. The number of amides is 2. The second kappa shape index (κ2) is 7.35. The standard InChI is InChI=1S/C22H18Br2N2O2/c1-15-2-4-16(5-3-15)22(28)14-25(19-10-6-17(23)7-11-19)21(27)26(22)20-12-8-18(24)9-13-20/h2-13,28H,14H2,1H3. The largest absolute Gasteiger partial charge is 0.365 e. The van der Waals surface area contributed by atoms with Crippen molar-refractivity contribution >= 4 is 49.3 Å². The lowest BCUT2D eigenvalue weighted by Crippen LogP contribution is -2.44. The average Bonchev–Trinajstić information content (AvgIpc) is 2.95. The zero-order chi connectivity index (χ0) is 19.9. The van der Waals surface area contributed by atoms with E-state index in [4.69, 9.17) is 0 Å². The fourth-order valence-electron chi connectivity index (χ4n) is 3.42. The van der Waals surface area contributed by atoms with Crippen LogP contribution in [0.4, 0.5) is 16.2 Å². The number of rotatable bonds is 3. The first kappa shape index (κ1) is 19.2. The Bertz CT molecular complexity index is 1000. The van der Waals surface area contributed by atoms with Crippen molar-refractivity contribution < 1.29 is 9.90 Å². The van der Waals surface area contributed by atoms with Gasteiger partial charge in [-0.25, -0.2) is 4.79 Å². The molecule has 0 radical (unpaired) electrons. The number of benzene rings is 3. The van der Waals surface area contributed by atoms with Crippen LogP contribution in [0.3, 0.4) is 0 Å². The Morgan fingerprint density at radius 2 is 1.32 bits per heavy atom. The van der Waals surface area contributed by atoms with Crippen LogP contribution in [-0.2, 0) is 5.72 Å². The molecule has 142 valence electrons. The van der Waals surface area contributed by atoms with E-state index in [-0.39, 0.29) is 12.6 Å². The number of carbonyl (C=O) groups excluding carboxylic acids is 1. The molecule has 3 aromatic carbocycles. The molecule has 1 aliphatic rings. The minimum atomic E-state index is -1.48. The molecular weight excluding hydrogens is 484 g/mol. The summed E-state index contributed by atoms with van der Waals surface area (Å²) in [4.78, 5) is 16.5. The Morgan fingerprint density at radius 3 is 1.86 bits per heavy atom. The van der Waals surface area contributed by atoms with Gasteiger partial charge in [-0.1, -0.05) is 61.7 Å². The van der Waals surface area contributed by atoms with Crippen molar-refractivity contribution in [1.82, 2.24) is 0 Å². The van der Waals surface area contributed by atoms with E-state index >= 15 is 0 Å². The number of anilines is 2. The van der Waals surface area contributed by atoms with Crippen molar-refractivity contribution in [3.05, 3.63) is 92.9 Å². The van der Waals surface area contributed by atoms with Crippen LogP contribution < -0.4 is 9.80 Å². The summed E-state index contributed by atoms with van der Waals surface area (Å²) < 4.78 is 1.84. The van der Waals surface area contributed by atoms with Gasteiger partial charge in [0.25, 0.3) is 0 Å². The molecule has 6 heteroatoms. The van der Waals surface area contributed by atoms with Gasteiger partial charge in [0.1, 0.15) is 0 Å². The summed E-state index contributed by atoms with van der Waals surface area (Å²) in [7, 11) is 0. The molecule has 4 rings (SSSR count). The second-order valence-electron chi connectivity index (χ2n) is 6.84. The highest BCUT2D eigenvalue weighted by molar-refractivity contribution is 9.10. The molecule has 3 aromatic rings. The fraction of sp³-hybridized carbons (Fsp3) is 0.136. The number of β-amino-alcohol motifs (C(OH)–C–C–N with tert-alkyl or cyclic N) is 1. The summed E-state index contributed by atoms with van der Waals surface area (Å²) in [6.07, 6.45) is 0. The highest BCUT2D eigenvalue weighted by Gasteiger charge is 2.51. The molecule has 1 fully saturated rings. The van der Waals surface area contributed by atoms with E-state index in [9.17, 15) is 9.90 Å². The van der Waals surface area contributed by atoms with Gasteiger partial charge in [-0.15, -0.1) is 0 Å². The molecule has 1 heterocycles. The predicted molar refractivity (Wildman–Crippen MR) is 119 cm³/mol. The molecule has 0 saturated carbocycles. The fourth-order valence-corrected chi connectivity index (χ4v) is 3.94. The Morgan fingerprint density at radius 1 is 0.821 bits per heavy atom. The first-order valence-electron chi connectivity index (χ1n) is 8.81. The number of aliphatic hydroxyl groups is 1. The maximum Gasteiger partial charge on any atom is 0.331 e. The SMILES string of the molecule is Cc1ccc(C2(O)CN(c3ccc(Br)cc3)C(=O)N2c2ccc(Br)cc2)cc1. The molecule has 28 heavy (non-hydrogen) atoms. The molecule has 0 aliphatic carbocycles. The van der Waals surface area contributed by atoms with Crippen LogP contribution >= 0.6 is 31.9 Å². The first-order valence-corrected chi connectivity index (χ1v) is 10.4. The van der Waals surface area contributed by atoms with Crippen LogP contribution in [-0.4, -0.2) is 17.7 Å². The van der Waals surface area contributed by atoms with Crippen LogP contribution in [0.25, 0.3) is 0 Å². The highest BCUT2D eigenvalue weighted by atomic mass is 79.9. The average molecular weight is 502 g/mol. The molecule has 0 aromatic heterocycles. The van der Waals surface area contributed by atoms with E-state index in [2.05, 4.69) is 31.9 Å². The van der Waals surface area contributed by atoms with Gasteiger partial charge in [-0.2, -0.15) is 0 Å². The van der Waals surface area contributed by atoms with Crippen LogP contribution in [0.15, 0.2) is 81.7 Å². The number of urea groups is 1. The Kier molecular flexibility index (Phi) is 5.04. The molecule has 0 spiro atoms. The first-order chi connectivity index (χ1) is 13.4. The normalized spacial score (nSPS) is 19.4. The van der Waals surface area contributed by atoms with Gasteiger partial charge in [-0.05, 0) is 55.5 Å². The van der Waals surface area contributed by atoms with Crippen molar-refractivity contribution in [2.24, 2.45) is 0 Å². The van der Waals surface area contributed by atoms with Gasteiger partial charge in [-0.3, -0.25) is 9.80 Å². The van der Waals surface area contributed by atoms with E-state index in [1.807, 2.05) is 79.7 Å². The third-order valence-corrected chi connectivity index (χ3v) is 5.97. The van der Waals surface area contributed by atoms with Crippen molar-refractivity contribution in [2.75, 3.05) is 16.3 Å². The maximum absolute atomic E-state index is 13.4. The molecule has 4 nitrogen and oxygen atoms in total. The number of hydrogen-bond acceptors (Lipinski definition) is 2. The minimum Gasteiger partial charge on any atom is -0.365 e. The van der Waals surface area contributed by atoms with Gasteiger partial charge in [0.2, 0.25) is 0 Å². The summed E-state index contributed by atoms with van der Waals surface area (Å²) in [5.41, 5.74) is 1.66. The summed E-state index contributed by atoms with van der Waals surface area (Å²) in [5, 5.41) is 11.7.